The van der Waals surface area contributed by atoms with Gasteiger partial charge in [0, 0.05) is 11.6 Å². The Morgan fingerprint density at radius 1 is 1.30 bits per heavy atom. The number of anilines is 1. The summed E-state index contributed by atoms with van der Waals surface area (Å²) >= 11 is 5.74. The average molecular weight is 321 g/mol. The lowest BCUT2D eigenvalue weighted by molar-refractivity contribution is 0.357. The minimum absolute atomic E-state index is 0.0990. The Labute approximate surface area is 123 Å². The molecule has 0 unspecified atom stereocenters. The smallest absolute Gasteiger partial charge is 0.243 e. The zero-order chi connectivity index (χ0) is 14.8. The van der Waals surface area contributed by atoms with Crippen LogP contribution in [0.15, 0.2) is 17.0 Å². The van der Waals surface area contributed by atoms with Crippen LogP contribution in [0.4, 0.5) is 10.1 Å². The second-order valence-electron chi connectivity index (χ2n) is 5.16. The molecule has 2 rings (SSSR count). The van der Waals surface area contributed by atoms with E-state index in [9.17, 15) is 12.8 Å². The van der Waals surface area contributed by atoms with Crippen LogP contribution in [0.1, 0.15) is 32.1 Å². The van der Waals surface area contributed by atoms with E-state index >= 15 is 0 Å². The molecule has 0 heterocycles. The molecule has 20 heavy (non-hydrogen) atoms. The number of nitrogens with one attached hydrogen (secondary N) is 1. The van der Waals surface area contributed by atoms with Crippen molar-refractivity contribution in [3.63, 3.8) is 0 Å². The molecule has 1 fully saturated rings. The van der Waals surface area contributed by atoms with Gasteiger partial charge in [-0.1, -0.05) is 30.9 Å². The fourth-order valence-corrected chi connectivity index (χ4v) is 4.01. The van der Waals surface area contributed by atoms with E-state index in [0.717, 1.165) is 31.7 Å². The van der Waals surface area contributed by atoms with Crippen LogP contribution in [-0.4, -0.2) is 15.0 Å². The maximum absolute atomic E-state index is 13.8. The van der Waals surface area contributed by atoms with Crippen molar-refractivity contribution in [2.24, 2.45) is 5.92 Å². The van der Waals surface area contributed by atoms with Gasteiger partial charge in [-0.3, -0.25) is 0 Å². The van der Waals surface area contributed by atoms with Crippen LogP contribution in [0.25, 0.3) is 0 Å². The van der Waals surface area contributed by atoms with Gasteiger partial charge in [-0.2, -0.15) is 0 Å². The molecule has 3 N–H and O–H groups in total. The van der Waals surface area contributed by atoms with Crippen LogP contribution in [0.5, 0.6) is 0 Å². The molecule has 1 aliphatic carbocycles. The van der Waals surface area contributed by atoms with E-state index in [1.165, 1.54) is 12.5 Å². The molecule has 1 saturated carbocycles. The molecule has 0 radical (unpaired) electrons. The van der Waals surface area contributed by atoms with E-state index in [2.05, 4.69) is 4.72 Å². The summed E-state index contributed by atoms with van der Waals surface area (Å²) in [5, 5.41) is 0.0990. The van der Waals surface area contributed by atoms with E-state index in [0.29, 0.717) is 12.5 Å². The van der Waals surface area contributed by atoms with Crippen molar-refractivity contribution in [1.82, 2.24) is 4.72 Å². The van der Waals surface area contributed by atoms with Crippen molar-refractivity contribution in [3.8, 4) is 0 Å². The summed E-state index contributed by atoms with van der Waals surface area (Å²) in [5.41, 5.74) is 5.14. The molecule has 1 aromatic carbocycles. The summed E-state index contributed by atoms with van der Waals surface area (Å²) in [7, 11) is -3.92. The summed E-state index contributed by atoms with van der Waals surface area (Å²) in [4.78, 5) is -0.488. The van der Waals surface area contributed by atoms with Crippen molar-refractivity contribution in [2.45, 2.75) is 37.0 Å². The topological polar surface area (TPSA) is 72.2 Å². The van der Waals surface area contributed by atoms with Crippen LogP contribution in [0, 0.1) is 11.7 Å². The Kier molecular flexibility index (Phi) is 4.88. The predicted octanol–water partition coefficient (Wildman–Crippen LogP) is 2.92. The lowest BCUT2D eigenvalue weighted by Gasteiger charge is -2.21. The van der Waals surface area contributed by atoms with Gasteiger partial charge in [-0.05, 0) is 30.9 Å². The average Bonchev–Trinajstić information content (AvgIpc) is 2.42. The molecule has 0 spiro atoms. The Bertz CT molecular complexity index is 586. The van der Waals surface area contributed by atoms with Crippen molar-refractivity contribution < 1.29 is 12.8 Å². The van der Waals surface area contributed by atoms with Gasteiger partial charge in [0.1, 0.15) is 4.90 Å². The second kappa shape index (κ2) is 6.28. The highest BCUT2D eigenvalue weighted by Crippen LogP contribution is 2.26. The molecule has 0 aromatic heterocycles. The summed E-state index contributed by atoms with van der Waals surface area (Å²) in [6, 6.07) is 2.27. The number of nitrogen functional groups attached to an aromatic ring is 1. The van der Waals surface area contributed by atoms with Gasteiger partial charge in [0.05, 0.1) is 5.69 Å². The van der Waals surface area contributed by atoms with E-state index in [1.54, 1.807) is 0 Å². The predicted molar refractivity (Wildman–Crippen MR) is 77.6 cm³/mol. The Balaban J connectivity index is 2.14. The third-order valence-electron chi connectivity index (χ3n) is 3.61. The van der Waals surface area contributed by atoms with Gasteiger partial charge < -0.3 is 5.73 Å². The van der Waals surface area contributed by atoms with Crippen LogP contribution in [0.3, 0.4) is 0 Å². The molecule has 0 saturated heterocycles. The highest BCUT2D eigenvalue weighted by Gasteiger charge is 2.23. The van der Waals surface area contributed by atoms with Crippen LogP contribution < -0.4 is 10.5 Å². The first-order chi connectivity index (χ1) is 9.40. The van der Waals surface area contributed by atoms with Crippen LogP contribution in [0.2, 0.25) is 5.02 Å². The molecule has 4 nitrogen and oxygen atoms in total. The molecular weight excluding hydrogens is 303 g/mol. The molecule has 1 aromatic rings. The first kappa shape index (κ1) is 15.5. The fourth-order valence-electron chi connectivity index (χ4n) is 2.48. The van der Waals surface area contributed by atoms with Crippen molar-refractivity contribution in [2.75, 3.05) is 12.3 Å². The first-order valence-corrected chi connectivity index (χ1v) is 8.50. The number of sulfonamides is 1. The molecule has 1 aliphatic rings. The highest BCUT2D eigenvalue weighted by molar-refractivity contribution is 7.89. The van der Waals surface area contributed by atoms with Gasteiger partial charge in [0.25, 0.3) is 0 Å². The largest absolute Gasteiger partial charge is 0.396 e. The number of nitrogens with two attached hydrogens (primary N) is 1. The third-order valence-corrected chi connectivity index (χ3v) is 5.25. The first-order valence-electron chi connectivity index (χ1n) is 6.64. The van der Waals surface area contributed by atoms with Crippen molar-refractivity contribution in [3.05, 3.63) is 23.0 Å². The molecule has 0 bridgehead atoms. The Hall–Kier alpha value is -0.850. The zero-order valence-electron chi connectivity index (χ0n) is 11.0. The molecule has 0 amide bonds. The highest BCUT2D eigenvalue weighted by atomic mass is 35.5. The monoisotopic (exact) mass is 320 g/mol. The molecule has 112 valence electrons. The maximum atomic E-state index is 13.8. The molecular formula is C13H18ClFN2O2S. The quantitative estimate of drug-likeness (QED) is 0.838. The SMILES string of the molecule is Nc1cc(Cl)cc(S(=O)(=O)NCC2CCCCC2)c1F. The number of halogens is 2. The van der Waals surface area contributed by atoms with Crippen LogP contribution >= 0.6 is 11.6 Å². The third kappa shape index (κ3) is 3.62. The van der Waals surface area contributed by atoms with Gasteiger partial charge in [-0.15, -0.1) is 0 Å². The molecule has 7 heteroatoms. The Morgan fingerprint density at radius 3 is 2.60 bits per heavy atom. The standard InChI is InChI=1S/C13H18ClFN2O2S/c14-10-6-11(16)13(15)12(7-10)20(18,19)17-8-9-4-2-1-3-5-9/h6-7,9,17H,1-5,8,16H2. The van der Waals surface area contributed by atoms with Gasteiger partial charge in [-0.25, -0.2) is 17.5 Å². The number of hydrogen-bond donors (Lipinski definition) is 2. The van der Waals surface area contributed by atoms with E-state index < -0.39 is 20.7 Å². The summed E-state index contributed by atoms with van der Waals surface area (Å²) in [6.45, 7) is 0.328. The minimum Gasteiger partial charge on any atom is -0.396 e. The zero-order valence-corrected chi connectivity index (χ0v) is 12.6. The fraction of sp³-hybridized carbons (Fsp3) is 0.538. The van der Waals surface area contributed by atoms with Gasteiger partial charge in [0.15, 0.2) is 5.82 Å². The second-order valence-corrected chi connectivity index (χ2v) is 7.33. The summed E-state index contributed by atoms with van der Waals surface area (Å²) in [6.07, 6.45) is 5.43. The van der Waals surface area contributed by atoms with Gasteiger partial charge >= 0.3 is 0 Å². The summed E-state index contributed by atoms with van der Waals surface area (Å²) < 4.78 is 40.6. The Morgan fingerprint density at radius 2 is 1.95 bits per heavy atom. The van der Waals surface area contributed by atoms with E-state index in [1.807, 2.05) is 0 Å². The van der Waals surface area contributed by atoms with E-state index in [4.69, 9.17) is 17.3 Å². The van der Waals surface area contributed by atoms with Crippen LogP contribution in [-0.2, 0) is 10.0 Å². The normalized spacial score (nSPS) is 17.3. The van der Waals surface area contributed by atoms with E-state index in [-0.39, 0.29) is 10.7 Å². The minimum atomic E-state index is -3.92. The lowest BCUT2D eigenvalue weighted by Crippen LogP contribution is -2.31. The number of benzene rings is 1. The van der Waals surface area contributed by atoms with Crippen molar-refractivity contribution in [1.29, 1.82) is 0 Å². The van der Waals surface area contributed by atoms with Crippen molar-refractivity contribution >= 4 is 27.3 Å². The lowest BCUT2D eigenvalue weighted by atomic mass is 9.90. The van der Waals surface area contributed by atoms with Gasteiger partial charge in [0.2, 0.25) is 10.0 Å². The summed E-state index contributed by atoms with van der Waals surface area (Å²) in [5.74, 6) is -0.635. The molecule has 0 aliphatic heterocycles. The molecule has 0 atom stereocenters. The number of hydrogen-bond acceptors (Lipinski definition) is 3. The maximum Gasteiger partial charge on any atom is 0.243 e. The number of rotatable bonds is 4.